The smallest absolute Gasteiger partial charge is 0.338 e. The summed E-state index contributed by atoms with van der Waals surface area (Å²) in [7, 11) is 1.31. The molecule has 7 heteroatoms. The highest BCUT2D eigenvalue weighted by molar-refractivity contribution is 7.98. The Kier molecular flexibility index (Phi) is 3.88. The second-order valence-electron chi connectivity index (χ2n) is 3.26. The van der Waals surface area contributed by atoms with Gasteiger partial charge in [-0.05, 0) is 24.5 Å². The van der Waals surface area contributed by atoms with Crippen molar-refractivity contribution in [3.8, 4) is 11.5 Å². The molecule has 0 aliphatic rings. The highest BCUT2D eigenvalue weighted by atomic mass is 35.5. The lowest BCUT2D eigenvalue weighted by molar-refractivity contribution is 0.0601. The van der Waals surface area contributed by atoms with Crippen LogP contribution in [-0.2, 0) is 4.74 Å². The topological polar surface area (TPSA) is 65.2 Å². The normalized spacial score (nSPS) is 10.4. The Morgan fingerprint density at radius 3 is 2.83 bits per heavy atom. The van der Waals surface area contributed by atoms with Crippen molar-refractivity contribution in [2.45, 2.75) is 5.22 Å². The molecular formula is C11H9ClN2O3S. The number of hydrogen-bond acceptors (Lipinski definition) is 6. The van der Waals surface area contributed by atoms with E-state index in [1.165, 1.54) is 18.9 Å². The summed E-state index contributed by atoms with van der Waals surface area (Å²) in [5.74, 6) is -0.243. The molecule has 0 aliphatic heterocycles. The number of ether oxygens (including phenoxy) is 1. The minimum absolute atomic E-state index is 0.238. The Labute approximate surface area is 112 Å². The zero-order chi connectivity index (χ0) is 13.1. The van der Waals surface area contributed by atoms with E-state index in [2.05, 4.69) is 10.2 Å². The predicted octanol–water partition coefficient (Wildman–Crippen LogP) is 2.90. The van der Waals surface area contributed by atoms with Crippen LogP contribution in [-0.4, -0.2) is 29.5 Å². The first-order chi connectivity index (χ1) is 8.65. The lowest BCUT2D eigenvalue weighted by atomic mass is 10.1. The maximum absolute atomic E-state index is 11.6. The zero-order valence-corrected chi connectivity index (χ0v) is 11.2. The van der Waals surface area contributed by atoms with Gasteiger partial charge in [-0.3, -0.25) is 0 Å². The maximum Gasteiger partial charge on any atom is 0.338 e. The van der Waals surface area contributed by atoms with Gasteiger partial charge in [-0.2, -0.15) is 0 Å². The summed E-state index contributed by atoms with van der Waals surface area (Å²) in [6.07, 6.45) is 1.82. The SMILES string of the molecule is COC(=O)c1ccc(Cl)cc1-c1nnc(SC)o1. The molecule has 0 atom stereocenters. The monoisotopic (exact) mass is 284 g/mol. The molecule has 0 N–H and O–H groups in total. The molecule has 2 aromatic rings. The molecule has 1 heterocycles. The van der Waals surface area contributed by atoms with E-state index in [-0.39, 0.29) is 5.89 Å². The van der Waals surface area contributed by atoms with E-state index >= 15 is 0 Å². The van der Waals surface area contributed by atoms with Crippen LogP contribution >= 0.6 is 23.4 Å². The fourth-order valence-corrected chi connectivity index (χ4v) is 1.84. The summed E-state index contributed by atoms with van der Waals surface area (Å²) in [5.41, 5.74) is 0.792. The average molecular weight is 285 g/mol. The third-order valence-electron chi connectivity index (χ3n) is 2.20. The van der Waals surface area contributed by atoms with E-state index in [0.29, 0.717) is 21.4 Å². The van der Waals surface area contributed by atoms with Crippen molar-refractivity contribution in [3.05, 3.63) is 28.8 Å². The Hall–Kier alpha value is -1.53. The van der Waals surface area contributed by atoms with E-state index in [1.807, 2.05) is 6.26 Å². The van der Waals surface area contributed by atoms with Gasteiger partial charge in [0.15, 0.2) is 0 Å². The summed E-state index contributed by atoms with van der Waals surface area (Å²) >= 11 is 7.23. The predicted molar refractivity (Wildman–Crippen MR) is 67.9 cm³/mol. The molecule has 0 aliphatic carbocycles. The highest BCUT2D eigenvalue weighted by Crippen LogP contribution is 2.28. The van der Waals surface area contributed by atoms with Crippen molar-refractivity contribution in [2.24, 2.45) is 0 Å². The molecule has 0 saturated carbocycles. The van der Waals surface area contributed by atoms with E-state index < -0.39 is 5.97 Å². The summed E-state index contributed by atoms with van der Waals surface area (Å²) in [4.78, 5) is 11.6. The molecule has 0 radical (unpaired) electrons. The van der Waals surface area contributed by atoms with Crippen molar-refractivity contribution in [3.63, 3.8) is 0 Å². The number of methoxy groups -OCH3 is 1. The summed E-state index contributed by atoms with van der Waals surface area (Å²) < 4.78 is 10.1. The molecule has 1 aromatic carbocycles. The van der Waals surface area contributed by atoms with Gasteiger partial charge in [0.05, 0.1) is 18.2 Å². The summed E-state index contributed by atoms with van der Waals surface area (Å²) in [6.45, 7) is 0. The lowest BCUT2D eigenvalue weighted by Gasteiger charge is -2.04. The number of rotatable bonds is 3. The third-order valence-corrected chi connectivity index (χ3v) is 2.95. The quantitative estimate of drug-likeness (QED) is 0.638. The number of halogens is 1. The molecule has 5 nitrogen and oxygen atoms in total. The van der Waals surface area contributed by atoms with Crippen LogP contribution in [0.15, 0.2) is 27.8 Å². The van der Waals surface area contributed by atoms with Gasteiger partial charge in [0.25, 0.3) is 5.22 Å². The molecule has 94 valence electrons. The molecule has 1 aromatic heterocycles. The number of carbonyl (C=O) groups is 1. The first-order valence-corrected chi connectivity index (χ1v) is 6.51. The molecule has 0 amide bonds. The van der Waals surface area contributed by atoms with Gasteiger partial charge in [-0.1, -0.05) is 23.4 Å². The van der Waals surface area contributed by atoms with Gasteiger partial charge in [0, 0.05) is 5.02 Å². The number of aromatic nitrogens is 2. The lowest BCUT2D eigenvalue weighted by Crippen LogP contribution is -2.03. The van der Waals surface area contributed by atoms with E-state index in [1.54, 1.807) is 18.2 Å². The van der Waals surface area contributed by atoms with Crippen LogP contribution in [0, 0.1) is 0 Å². The van der Waals surface area contributed by atoms with Crippen molar-refractivity contribution < 1.29 is 13.9 Å². The highest BCUT2D eigenvalue weighted by Gasteiger charge is 2.18. The van der Waals surface area contributed by atoms with E-state index in [4.69, 9.17) is 20.8 Å². The first kappa shape index (κ1) is 12.9. The van der Waals surface area contributed by atoms with Crippen molar-refractivity contribution in [1.82, 2.24) is 10.2 Å². The van der Waals surface area contributed by atoms with Crippen LogP contribution in [0.4, 0.5) is 0 Å². The van der Waals surface area contributed by atoms with Crippen molar-refractivity contribution in [2.75, 3.05) is 13.4 Å². The van der Waals surface area contributed by atoms with Crippen LogP contribution in [0.3, 0.4) is 0 Å². The standard InChI is InChI=1S/C11H9ClN2O3S/c1-16-10(15)7-4-3-6(12)5-8(7)9-13-14-11(17-9)18-2/h3-5H,1-2H3. The number of nitrogens with zero attached hydrogens (tertiary/aromatic N) is 2. The molecule has 0 spiro atoms. The molecule has 0 bridgehead atoms. The third kappa shape index (κ3) is 2.49. The van der Waals surface area contributed by atoms with Crippen LogP contribution in [0.5, 0.6) is 0 Å². The Morgan fingerprint density at radius 2 is 2.22 bits per heavy atom. The molecule has 0 saturated heterocycles. The maximum atomic E-state index is 11.6. The number of carbonyl (C=O) groups excluding carboxylic acids is 1. The fraction of sp³-hybridized carbons (Fsp3) is 0.182. The Bertz CT molecular complexity index is 585. The number of esters is 1. The van der Waals surface area contributed by atoms with Crippen molar-refractivity contribution >= 4 is 29.3 Å². The minimum Gasteiger partial charge on any atom is -0.465 e. The number of thioether (sulfide) groups is 1. The van der Waals surface area contributed by atoms with Gasteiger partial charge >= 0.3 is 5.97 Å². The summed E-state index contributed by atoms with van der Waals surface area (Å²) in [5, 5.41) is 8.58. The van der Waals surface area contributed by atoms with Crippen LogP contribution < -0.4 is 0 Å². The van der Waals surface area contributed by atoms with E-state index in [0.717, 1.165) is 0 Å². The fourth-order valence-electron chi connectivity index (χ4n) is 1.38. The number of benzene rings is 1. The molecule has 18 heavy (non-hydrogen) atoms. The molecular weight excluding hydrogens is 276 g/mol. The second kappa shape index (κ2) is 5.41. The molecule has 0 unspecified atom stereocenters. The van der Waals surface area contributed by atoms with E-state index in [9.17, 15) is 4.79 Å². The van der Waals surface area contributed by atoms with Crippen LogP contribution in [0.25, 0.3) is 11.5 Å². The molecule has 0 fully saturated rings. The van der Waals surface area contributed by atoms with Gasteiger partial charge in [0.2, 0.25) is 5.89 Å². The van der Waals surface area contributed by atoms with Gasteiger partial charge in [-0.25, -0.2) is 4.79 Å². The zero-order valence-electron chi connectivity index (χ0n) is 9.64. The van der Waals surface area contributed by atoms with Gasteiger partial charge in [-0.15, -0.1) is 10.2 Å². The average Bonchev–Trinajstić information content (AvgIpc) is 2.86. The molecule has 2 rings (SSSR count). The minimum atomic E-state index is -0.481. The van der Waals surface area contributed by atoms with Crippen LogP contribution in [0.2, 0.25) is 5.02 Å². The largest absolute Gasteiger partial charge is 0.465 e. The Morgan fingerprint density at radius 1 is 1.44 bits per heavy atom. The Balaban J connectivity index is 2.53. The van der Waals surface area contributed by atoms with Gasteiger partial charge in [0.1, 0.15) is 0 Å². The second-order valence-corrected chi connectivity index (χ2v) is 4.45. The van der Waals surface area contributed by atoms with Crippen molar-refractivity contribution in [1.29, 1.82) is 0 Å². The van der Waals surface area contributed by atoms with Gasteiger partial charge < -0.3 is 9.15 Å². The first-order valence-electron chi connectivity index (χ1n) is 4.91. The summed E-state index contributed by atoms with van der Waals surface area (Å²) in [6, 6.07) is 4.75. The van der Waals surface area contributed by atoms with Crippen LogP contribution in [0.1, 0.15) is 10.4 Å². The number of hydrogen-bond donors (Lipinski definition) is 0.